The number of rotatable bonds is 16. The third kappa shape index (κ3) is 10.4. The van der Waals surface area contributed by atoms with E-state index >= 15 is 0 Å². The van der Waals surface area contributed by atoms with E-state index in [0.717, 1.165) is 6.42 Å². The van der Waals surface area contributed by atoms with E-state index in [4.69, 9.17) is 0 Å². The largest absolute Gasteiger partial charge is 0.506 e. The third-order valence-corrected chi connectivity index (χ3v) is 5.02. The minimum Gasteiger partial charge on any atom is -0.506 e. The van der Waals surface area contributed by atoms with Gasteiger partial charge in [0.1, 0.15) is 5.75 Å². The summed E-state index contributed by atoms with van der Waals surface area (Å²) in [5, 5.41) is 25.8. The molecule has 1 unspecified atom stereocenters. The molecular formula is C22H38N2O3. The summed E-state index contributed by atoms with van der Waals surface area (Å²) in [5.41, 5.74) is 0.976. The van der Waals surface area contributed by atoms with E-state index in [1.807, 2.05) is 0 Å². The van der Waals surface area contributed by atoms with Crippen LogP contribution in [0, 0.1) is 0 Å². The summed E-state index contributed by atoms with van der Waals surface area (Å²) in [6.45, 7) is 4.85. The van der Waals surface area contributed by atoms with Crippen LogP contribution in [0.2, 0.25) is 0 Å². The molecule has 4 N–H and O–H groups in total. The monoisotopic (exact) mass is 378 g/mol. The molecule has 0 saturated heterocycles. The average molecular weight is 379 g/mol. The highest BCUT2D eigenvalue weighted by Crippen LogP contribution is 2.26. The number of hydrogen-bond acceptors (Lipinski definition) is 4. The van der Waals surface area contributed by atoms with Crippen molar-refractivity contribution in [1.82, 2.24) is 5.32 Å². The number of carbonyl (C=O) groups is 1. The Labute approximate surface area is 164 Å². The lowest BCUT2D eigenvalue weighted by Gasteiger charge is -2.18. The molecule has 1 aromatic rings. The molecule has 1 rings (SSSR count). The van der Waals surface area contributed by atoms with Crippen molar-refractivity contribution in [3.63, 3.8) is 0 Å². The van der Waals surface area contributed by atoms with E-state index in [0.29, 0.717) is 30.2 Å². The number of aliphatic hydroxyl groups excluding tert-OH is 1. The van der Waals surface area contributed by atoms with Gasteiger partial charge in [0.05, 0.1) is 11.8 Å². The van der Waals surface area contributed by atoms with Gasteiger partial charge < -0.3 is 20.8 Å². The SMILES string of the molecule is CCCCCCCCCCCC(C)NC[C@H](O)c1ccc(O)c(NC=O)c1. The second-order valence-electron chi connectivity index (χ2n) is 7.48. The van der Waals surface area contributed by atoms with E-state index in [9.17, 15) is 15.0 Å². The number of phenolic OH excluding ortho intramolecular Hbond substituents is 1. The van der Waals surface area contributed by atoms with Crippen molar-refractivity contribution in [2.75, 3.05) is 11.9 Å². The Balaban J connectivity index is 2.16. The number of nitrogens with one attached hydrogen (secondary N) is 2. The Hall–Kier alpha value is -1.59. The van der Waals surface area contributed by atoms with Crippen LogP contribution >= 0.6 is 0 Å². The maximum absolute atomic E-state index is 10.6. The molecule has 5 heteroatoms. The first-order valence-corrected chi connectivity index (χ1v) is 10.5. The van der Waals surface area contributed by atoms with Crippen molar-refractivity contribution >= 4 is 12.1 Å². The predicted octanol–water partition coefficient (Wildman–Crippen LogP) is 4.89. The number of benzene rings is 1. The zero-order valence-electron chi connectivity index (χ0n) is 17.0. The summed E-state index contributed by atoms with van der Waals surface area (Å²) in [4.78, 5) is 10.6. The van der Waals surface area contributed by atoms with Gasteiger partial charge in [0.25, 0.3) is 0 Å². The summed E-state index contributed by atoms with van der Waals surface area (Å²) in [5.74, 6) is -0.00950. The molecule has 0 bridgehead atoms. The van der Waals surface area contributed by atoms with Gasteiger partial charge in [-0.2, -0.15) is 0 Å². The van der Waals surface area contributed by atoms with Gasteiger partial charge in [-0.15, -0.1) is 0 Å². The van der Waals surface area contributed by atoms with Gasteiger partial charge >= 0.3 is 0 Å². The van der Waals surface area contributed by atoms with Crippen molar-refractivity contribution in [1.29, 1.82) is 0 Å². The lowest BCUT2D eigenvalue weighted by Crippen LogP contribution is -2.30. The van der Waals surface area contributed by atoms with Gasteiger partial charge in [-0.3, -0.25) is 4.79 Å². The van der Waals surface area contributed by atoms with Gasteiger partial charge in [-0.25, -0.2) is 0 Å². The van der Waals surface area contributed by atoms with Crippen molar-refractivity contribution in [2.24, 2.45) is 0 Å². The second-order valence-corrected chi connectivity index (χ2v) is 7.48. The van der Waals surface area contributed by atoms with Crippen LogP contribution in [0.3, 0.4) is 0 Å². The number of phenols is 1. The van der Waals surface area contributed by atoms with E-state index in [1.165, 1.54) is 63.9 Å². The first-order chi connectivity index (χ1) is 13.1. The zero-order valence-corrected chi connectivity index (χ0v) is 17.0. The minimum absolute atomic E-state index is 0.00950. The van der Waals surface area contributed by atoms with Gasteiger partial charge in [0.2, 0.25) is 6.41 Å². The Morgan fingerprint density at radius 1 is 1.04 bits per heavy atom. The quantitative estimate of drug-likeness (QED) is 0.187. The topological polar surface area (TPSA) is 81.6 Å². The number of aromatic hydroxyl groups is 1. The number of hydrogen-bond donors (Lipinski definition) is 4. The molecule has 0 spiro atoms. The standard InChI is InChI=1S/C22H38N2O3/c1-3-4-5-6-7-8-9-10-11-12-18(2)23-16-22(27)19-13-14-21(26)20(15-19)24-17-25/h13-15,17-18,22-23,26-27H,3-12,16H2,1-2H3,(H,24,25)/t18?,22-/m0/s1. The maximum Gasteiger partial charge on any atom is 0.211 e. The zero-order chi connectivity index (χ0) is 19.9. The fourth-order valence-corrected chi connectivity index (χ4v) is 3.23. The Morgan fingerprint density at radius 2 is 1.67 bits per heavy atom. The van der Waals surface area contributed by atoms with Crippen molar-refractivity contribution < 1.29 is 15.0 Å². The molecule has 0 fully saturated rings. The minimum atomic E-state index is -0.677. The molecule has 0 radical (unpaired) electrons. The number of carbonyl (C=O) groups excluding carboxylic acids is 1. The molecule has 0 aliphatic heterocycles. The Morgan fingerprint density at radius 3 is 2.30 bits per heavy atom. The summed E-state index contributed by atoms with van der Waals surface area (Å²) in [7, 11) is 0. The number of unbranched alkanes of at least 4 members (excludes halogenated alkanes) is 8. The summed E-state index contributed by atoms with van der Waals surface area (Å²) < 4.78 is 0. The molecule has 0 aromatic heterocycles. The van der Waals surface area contributed by atoms with Crippen molar-refractivity contribution in [2.45, 2.75) is 90.2 Å². The van der Waals surface area contributed by atoms with E-state index < -0.39 is 6.10 Å². The van der Waals surface area contributed by atoms with Gasteiger partial charge in [-0.05, 0) is 31.0 Å². The average Bonchev–Trinajstić information content (AvgIpc) is 2.66. The fourth-order valence-electron chi connectivity index (χ4n) is 3.23. The fraction of sp³-hybridized carbons (Fsp3) is 0.682. The highest BCUT2D eigenvalue weighted by Gasteiger charge is 2.12. The van der Waals surface area contributed by atoms with Gasteiger partial charge in [0, 0.05) is 12.6 Å². The van der Waals surface area contributed by atoms with Crippen LogP contribution in [-0.2, 0) is 4.79 Å². The second kappa shape index (κ2) is 14.5. The maximum atomic E-state index is 10.6. The van der Waals surface area contributed by atoms with Crippen LogP contribution in [0.25, 0.3) is 0 Å². The molecule has 2 atom stereocenters. The van der Waals surface area contributed by atoms with Crippen LogP contribution in [0.15, 0.2) is 18.2 Å². The highest BCUT2D eigenvalue weighted by molar-refractivity contribution is 5.75. The van der Waals surface area contributed by atoms with Crippen molar-refractivity contribution in [3.05, 3.63) is 23.8 Å². The summed E-state index contributed by atoms with van der Waals surface area (Å²) in [6.07, 6.45) is 12.9. The molecule has 27 heavy (non-hydrogen) atoms. The first kappa shape index (κ1) is 23.4. The molecule has 1 aromatic carbocycles. The third-order valence-electron chi connectivity index (χ3n) is 5.02. The Bertz CT molecular complexity index is 522. The molecule has 5 nitrogen and oxygen atoms in total. The number of anilines is 1. The van der Waals surface area contributed by atoms with E-state index in [-0.39, 0.29) is 5.75 Å². The summed E-state index contributed by atoms with van der Waals surface area (Å²) in [6, 6.07) is 5.11. The molecule has 0 aliphatic carbocycles. The van der Waals surface area contributed by atoms with Crippen LogP contribution in [0.5, 0.6) is 5.75 Å². The van der Waals surface area contributed by atoms with E-state index in [1.54, 1.807) is 12.1 Å². The van der Waals surface area contributed by atoms with Crippen LogP contribution in [0.1, 0.15) is 89.7 Å². The van der Waals surface area contributed by atoms with E-state index in [2.05, 4.69) is 24.5 Å². The van der Waals surface area contributed by atoms with Crippen LogP contribution in [-0.4, -0.2) is 29.2 Å². The molecule has 0 saturated carbocycles. The van der Waals surface area contributed by atoms with Crippen molar-refractivity contribution in [3.8, 4) is 5.75 Å². The lowest BCUT2D eigenvalue weighted by molar-refractivity contribution is -0.105. The Kier molecular flexibility index (Phi) is 12.6. The van der Waals surface area contributed by atoms with Crippen LogP contribution in [0.4, 0.5) is 5.69 Å². The first-order valence-electron chi connectivity index (χ1n) is 10.5. The number of aliphatic hydroxyl groups is 1. The molecule has 0 aliphatic rings. The van der Waals surface area contributed by atoms with Crippen LogP contribution < -0.4 is 10.6 Å². The number of amides is 1. The molecule has 0 heterocycles. The smallest absolute Gasteiger partial charge is 0.211 e. The molecular weight excluding hydrogens is 340 g/mol. The van der Waals surface area contributed by atoms with Gasteiger partial charge in [-0.1, -0.05) is 70.8 Å². The molecule has 1 amide bonds. The normalized spacial score (nSPS) is 13.3. The highest BCUT2D eigenvalue weighted by atomic mass is 16.3. The molecule has 154 valence electrons. The summed E-state index contributed by atoms with van der Waals surface area (Å²) >= 11 is 0. The lowest BCUT2D eigenvalue weighted by atomic mass is 10.0. The predicted molar refractivity (Wildman–Crippen MR) is 112 cm³/mol. The van der Waals surface area contributed by atoms with Gasteiger partial charge in [0.15, 0.2) is 0 Å².